The van der Waals surface area contributed by atoms with E-state index in [2.05, 4.69) is 20.6 Å². The molecule has 1 aliphatic heterocycles. The number of aryl methyl sites for hydroxylation is 1. The lowest BCUT2D eigenvalue weighted by Crippen LogP contribution is -2.26. The molecule has 1 fully saturated rings. The molecule has 7 nitrogen and oxygen atoms in total. The van der Waals surface area contributed by atoms with Crippen LogP contribution in [-0.4, -0.2) is 49.7 Å². The SMILES string of the molecule is COCc1nc(OC)c2c(C)c(C(=O)NCCC3CCNC3)sc2n1. The minimum Gasteiger partial charge on any atom is -0.480 e. The number of thiophene rings is 1. The Labute approximate surface area is 151 Å². The Morgan fingerprint density at radius 2 is 2.24 bits per heavy atom. The highest BCUT2D eigenvalue weighted by molar-refractivity contribution is 7.20. The van der Waals surface area contributed by atoms with Gasteiger partial charge in [0.05, 0.1) is 17.4 Å². The maximum atomic E-state index is 12.6. The standard InChI is InChI=1S/C17H24N4O3S/c1-10-13-16(24-3)20-12(9-23-2)21-17(13)25-14(10)15(22)19-7-5-11-4-6-18-8-11/h11,18H,4-9H2,1-3H3,(H,19,22). The number of amides is 1. The van der Waals surface area contributed by atoms with Crippen LogP contribution in [0.25, 0.3) is 10.2 Å². The molecule has 2 aromatic heterocycles. The Balaban J connectivity index is 1.78. The van der Waals surface area contributed by atoms with Crippen molar-refractivity contribution in [3.05, 3.63) is 16.3 Å². The summed E-state index contributed by atoms with van der Waals surface area (Å²) in [5.74, 6) is 1.64. The summed E-state index contributed by atoms with van der Waals surface area (Å²) < 4.78 is 10.5. The number of carbonyl (C=O) groups excluding carboxylic acids is 1. The molecule has 0 saturated carbocycles. The van der Waals surface area contributed by atoms with Crippen LogP contribution in [-0.2, 0) is 11.3 Å². The van der Waals surface area contributed by atoms with E-state index in [1.165, 1.54) is 17.8 Å². The minimum absolute atomic E-state index is 0.0539. The predicted octanol–water partition coefficient (Wildman–Crippen LogP) is 1.88. The zero-order chi connectivity index (χ0) is 17.8. The van der Waals surface area contributed by atoms with Crippen molar-refractivity contribution in [1.82, 2.24) is 20.6 Å². The molecule has 0 spiro atoms. The van der Waals surface area contributed by atoms with Crippen LogP contribution in [0.2, 0.25) is 0 Å². The summed E-state index contributed by atoms with van der Waals surface area (Å²) in [5, 5.41) is 7.19. The maximum absolute atomic E-state index is 12.6. The molecule has 136 valence electrons. The monoisotopic (exact) mass is 364 g/mol. The van der Waals surface area contributed by atoms with E-state index in [1.807, 2.05) is 6.92 Å². The number of nitrogens with one attached hydrogen (secondary N) is 2. The van der Waals surface area contributed by atoms with Gasteiger partial charge in [-0.1, -0.05) is 0 Å². The summed E-state index contributed by atoms with van der Waals surface area (Å²) in [5.41, 5.74) is 0.862. The van der Waals surface area contributed by atoms with Crippen LogP contribution in [0, 0.1) is 12.8 Å². The Bertz CT molecular complexity index is 756. The van der Waals surface area contributed by atoms with E-state index in [1.54, 1.807) is 14.2 Å². The van der Waals surface area contributed by atoms with Crippen LogP contribution in [0.1, 0.15) is 33.9 Å². The lowest BCUT2D eigenvalue weighted by atomic mass is 10.1. The van der Waals surface area contributed by atoms with E-state index in [0.717, 1.165) is 35.3 Å². The fourth-order valence-electron chi connectivity index (χ4n) is 3.13. The van der Waals surface area contributed by atoms with Crippen LogP contribution in [0.3, 0.4) is 0 Å². The average Bonchev–Trinajstić information content (AvgIpc) is 3.23. The second-order valence-corrected chi connectivity index (χ2v) is 7.22. The molecule has 0 aromatic carbocycles. The second kappa shape index (κ2) is 8.07. The van der Waals surface area contributed by atoms with E-state index in [-0.39, 0.29) is 5.91 Å². The van der Waals surface area contributed by atoms with Crippen molar-refractivity contribution in [2.75, 3.05) is 33.9 Å². The van der Waals surface area contributed by atoms with Crippen molar-refractivity contribution < 1.29 is 14.3 Å². The van der Waals surface area contributed by atoms with E-state index in [4.69, 9.17) is 9.47 Å². The van der Waals surface area contributed by atoms with Gasteiger partial charge in [0.1, 0.15) is 11.4 Å². The molecule has 1 amide bonds. The number of ether oxygens (including phenoxy) is 2. The molecular formula is C17H24N4O3S. The minimum atomic E-state index is -0.0539. The van der Waals surface area contributed by atoms with Crippen molar-refractivity contribution in [3.8, 4) is 5.88 Å². The van der Waals surface area contributed by atoms with Gasteiger partial charge in [0.25, 0.3) is 5.91 Å². The third kappa shape index (κ3) is 3.91. The third-order valence-electron chi connectivity index (χ3n) is 4.48. The number of hydrogen-bond donors (Lipinski definition) is 2. The molecule has 0 radical (unpaired) electrons. The van der Waals surface area contributed by atoms with E-state index < -0.39 is 0 Å². The number of carbonyl (C=O) groups is 1. The molecule has 0 bridgehead atoms. The number of fused-ring (bicyclic) bond motifs is 1. The van der Waals surface area contributed by atoms with Gasteiger partial charge in [-0.2, -0.15) is 4.98 Å². The zero-order valence-electron chi connectivity index (χ0n) is 14.8. The molecule has 1 unspecified atom stereocenters. The van der Waals surface area contributed by atoms with Gasteiger partial charge in [-0.3, -0.25) is 4.79 Å². The van der Waals surface area contributed by atoms with Crippen LogP contribution in [0.15, 0.2) is 0 Å². The number of methoxy groups -OCH3 is 2. The highest BCUT2D eigenvalue weighted by atomic mass is 32.1. The van der Waals surface area contributed by atoms with E-state index in [9.17, 15) is 4.79 Å². The van der Waals surface area contributed by atoms with Gasteiger partial charge in [0, 0.05) is 13.7 Å². The van der Waals surface area contributed by atoms with E-state index >= 15 is 0 Å². The van der Waals surface area contributed by atoms with Crippen LogP contribution >= 0.6 is 11.3 Å². The molecule has 2 aromatic rings. The van der Waals surface area contributed by atoms with Gasteiger partial charge in [-0.15, -0.1) is 11.3 Å². The average molecular weight is 364 g/mol. The molecule has 8 heteroatoms. The van der Waals surface area contributed by atoms with Crippen molar-refractivity contribution in [3.63, 3.8) is 0 Å². The fraction of sp³-hybridized carbons (Fsp3) is 0.588. The normalized spacial score (nSPS) is 17.2. The van der Waals surface area contributed by atoms with Crippen molar-refractivity contribution in [1.29, 1.82) is 0 Å². The van der Waals surface area contributed by atoms with Crippen LogP contribution < -0.4 is 15.4 Å². The third-order valence-corrected chi connectivity index (χ3v) is 5.66. The summed E-state index contributed by atoms with van der Waals surface area (Å²) in [4.78, 5) is 22.9. The fourth-order valence-corrected chi connectivity index (χ4v) is 4.24. The summed E-state index contributed by atoms with van der Waals surface area (Å²) >= 11 is 1.37. The Kier molecular flexibility index (Phi) is 5.82. The van der Waals surface area contributed by atoms with Gasteiger partial charge in [-0.25, -0.2) is 4.98 Å². The first kappa shape index (κ1) is 18.0. The smallest absolute Gasteiger partial charge is 0.261 e. The molecule has 25 heavy (non-hydrogen) atoms. The molecule has 2 N–H and O–H groups in total. The summed E-state index contributed by atoms with van der Waals surface area (Å²) in [6.07, 6.45) is 2.19. The Morgan fingerprint density at radius 1 is 1.40 bits per heavy atom. The van der Waals surface area contributed by atoms with Crippen molar-refractivity contribution in [2.45, 2.75) is 26.4 Å². The van der Waals surface area contributed by atoms with Gasteiger partial charge in [-0.05, 0) is 44.3 Å². The van der Waals surface area contributed by atoms with E-state index in [0.29, 0.717) is 35.7 Å². The first-order chi connectivity index (χ1) is 12.1. The van der Waals surface area contributed by atoms with Gasteiger partial charge in [0.2, 0.25) is 5.88 Å². The van der Waals surface area contributed by atoms with Gasteiger partial charge in [0.15, 0.2) is 5.82 Å². The number of hydrogen-bond acceptors (Lipinski definition) is 7. The maximum Gasteiger partial charge on any atom is 0.261 e. The quantitative estimate of drug-likeness (QED) is 0.780. The summed E-state index contributed by atoms with van der Waals surface area (Å²) in [7, 11) is 3.17. The number of aromatic nitrogens is 2. The molecular weight excluding hydrogens is 340 g/mol. The lowest BCUT2D eigenvalue weighted by Gasteiger charge is -2.09. The molecule has 3 heterocycles. The first-order valence-electron chi connectivity index (χ1n) is 8.46. The molecule has 3 rings (SSSR count). The highest BCUT2D eigenvalue weighted by Gasteiger charge is 2.21. The molecule has 1 aliphatic rings. The zero-order valence-corrected chi connectivity index (χ0v) is 15.7. The predicted molar refractivity (Wildman–Crippen MR) is 97.3 cm³/mol. The highest BCUT2D eigenvalue weighted by Crippen LogP contribution is 2.35. The Morgan fingerprint density at radius 3 is 2.92 bits per heavy atom. The Hall–Kier alpha value is -1.77. The first-order valence-corrected chi connectivity index (χ1v) is 9.27. The molecule has 0 aliphatic carbocycles. The molecule has 1 atom stereocenters. The number of nitrogens with zero attached hydrogens (tertiary/aromatic N) is 2. The van der Waals surface area contributed by atoms with Gasteiger partial charge < -0.3 is 20.1 Å². The largest absolute Gasteiger partial charge is 0.480 e. The second-order valence-electron chi connectivity index (χ2n) is 6.22. The van der Waals surface area contributed by atoms with Crippen molar-refractivity contribution in [2.24, 2.45) is 5.92 Å². The topological polar surface area (TPSA) is 85.4 Å². The summed E-state index contributed by atoms with van der Waals surface area (Å²) in [6, 6.07) is 0. The molecule has 1 saturated heterocycles. The van der Waals surface area contributed by atoms with Crippen LogP contribution in [0.5, 0.6) is 5.88 Å². The lowest BCUT2D eigenvalue weighted by molar-refractivity contribution is 0.0955. The number of rotatable bonds is 7. The van der Waals surface area contributed by atoms with Crippen molar-refractivity contribution >= 4 is 27.5 Å². The summed E-state index contributed by atoms with van der Waals surface area (Å²) in [6.45, 7) is 5.04. The van der Waals surface area contributed by atoms with Crippen LogP contribution in [0.4, 0.5) is 0 Å². The van der Waals surface area contributed by atoms with Gasteiger partial charge >= 0.3 is 0 Å².